The molecule has 102 valence electrons. The van der Waals surface area contributed by atoms with Crippen LogP contribution in [0.2, 0.25) is 0 Å². The second-order valence-electron chi connectivity index (χ2n) is 4.64. The van der Waals surface area contributed by atoms with Crippen LogP contribution in [-0.4, -0.2) is 17.9 Å². The number of benzene rings is 1. The normalized spacial score (nSPS) is 22.2. The minimum atomic E-state index is -0.327. The summed E-state index contributed by atoms with van der Waals surface area (Å²) in [5.74, 6) is -0.718. The van der Waals surface area contributed by atoms with E-state index in [2.05, 4.69) is 43.8 Å². The molecular formula is C13H14BrIN2O2. The van der Waals surface area contributed by atoms with Crippen LogP contribution in [0.3, 0.4) is 0 Å². The average molecular weight is 437 g/mol. The lowest BCUT2D eigenvalue weighted by Gasteiger charge is -2.18. The molecule has 0 saturated heterocycles. The van der Waals surface area contributed by atoms with Crippen molar-refractivity contribution in [3.63, 3.8) is 0 Å². The molecule has 1 aliphatic carbocycles. The van der Waals surface area contributed by atoms with Gasteiger partial charge >= 0.3 is 0 Å². The summed E-state index contributed by atoms with van der Waals surface area (Å²) in [6.45, 7) is 0. The Bertz CT molecular complexity index is 521. The maximum atomic E-state index is 12.3. The van der Waals surface area contributed by atoms with Gasteiger partial charge in [-0.25, -0.2) is 0 Å². The molecule has 4 nitrogen and oxygen atoms in total. The van der Waals surface area contributed by atoms with E-state index in [9.17, 15) is 9.59 Å². The monoisotopic (exact) mass is 436 g/mol. The minimum Gasteiger partial charge on any atom is -0.369 e. The number of amides is 2. The highest BCUT2D eigenvalue weighted by Crippen LogP contribution is 2.26. The third kappa shape index (κ3) is 3.47. The summed E-state index contributed by atoms with van der Waals surface area (Å²) in [5, 5.41) is 2.93. The van der Waals surface area contributed by atoms with Crippen LogP contribution >= 0.6 is 38.5 Å². The highest BCUT2D eigenvalue weighted by atomic mass is 127. The summed E-state index contributed by atoms with van der Waals surface area (Å²) in [7, 11) is 0. The van der Waals surface area contributed by atoms with E-state index < -0.39 is 0 Å². The molecular weight excluding hydrogens is 423 g/mol. The molecule has 1 fully saturated rings. The Hall–Kier alpha value is -0.630. The number of hydrogen-bond acceptors (Lipinski definition) is 2. The Kier molecular flexibility index (Phi) is 4.83. The molecule has 0 spiro atoms. The van der Waals surface area contributed by atoms with Gasteiger partial charge in [0.25, 0.3) is 5.91 Å². The fourth-order valence-electron chi connectivity index (χ4n) is 2.39. The molecule has 1 aromatic rings. The molecule has 2 rings (SSSR count). The average Bonchev–Trinajstić information content (AvgIpc) is 2.80. The van der Waals surface area contributed by atoms with E-state index in [0.29, 0.717) is 5.56 Å². The van der Waals surface area contributed by atoms with Gasteiger partial charge in [0.2, 0.25) is 5.91 Å². The largest absolute Gasteiger partial charge is 0.369 e. The molecule has 3 N–H and O–H groups in total. The topological polar surface area (TPSA) is 72.2 Å². The fraction of sp³-hybridized carbons (Fsp3) is 0.385. The second-order valence-corrected chi connectivity index (χ2v) is 6.72. The van der Waals surface area contributed by atoms with E-state index in [-0.39, 0.29) is 23.8 Å². The number of carbonyl (C=O) groups is 2. The van der Waals surface area contributed by atoms with Crippen LogP contribution in [0, 0.1) is 9.49 Å². The first-order chi connectivity index (χ1) is 8.99. The zero-order chi connectivity index (χ0) is 14.0. The van der Waals surface area contributed by atoms with Gasteiger partial charge < -0.3 is 11.1 Å². The van der Waals surface area contributed by atoms with Crippen molar-refractivity contribution in [2.45, 2.75) is 25.3 Å². The first-order valence-electron chi connectivity index (χ1n) is 6.04. The van der Waals surface area contributed by atoms with Crippen molar-refractivity contribution in [3.8, 4) is 0 Å². The van der Waals surface area contributed by atoms with Gasteiger partial charge in [0.1, 0.15) is 0 Å². The predicted molar refractivity (Wildman–Crippen MR) is 84.6 cm³/mol. The van der Waals surface area contributed by atoms with Gasteiger partial charge in [-0.15, -0.1) is 0 Å². The summed E-state index contributed by atoms with van der Waals surface area (Å²) in [4.78, 5) is 23.6. The molecule has 0 heterocycles. The Morgan fingerprint density at radius 3 is 2.79 bits per heavy atom. The van der Waals surface area contributed by atoms with E-state index in [0.717, 1.165) is 27.3 Å². The van der Waals surface area contributed by atoms with Gasteiger partial charge in [-0.05, 0) is 53.6 Å². The number of carbonyl (C=O) groups excluding carboxylic acids is 2. The molecule has 0 aliphatic heterocycles. The van der Waals surface area contributed by atoms with Crippen molar-refractivity contribution in [2.24, 2.45) is 11.7 Å². The van der Waals surface area contributed by atoms with Gasteiger partial charge in [-0.2, -0.15) is 0 Å². The lowest BCUT2D eigenvalue weighted by atomic mass is 10.0. The van der Waals surface area contributed by atoms with E-state index >= 15 is 0 Å². The van der Waals surface area contributed by atoms with Crippen LogP contribution < -0.4 is 11.1 Å². The van der Waals surface area contributed by atoms with Crippen molar-refractivity contribution >= 4 is 50.3 Å². The van der Waals surface area contributed by atoms with Crippen LogP contribution in [0.5, 0.6) is 0 Å². The zero-order valence-corrected chi connectivity index (χ0v) is 13.9. The highest BCUT2D eigenvalue weighted by Gasteiger charge is 2.32. The quantitative estimate of drug-likeness (QED) is 0.714. The maximum absolute atomic E-state index is 12.3. The Morgan fingerprint density at radius 1 is 1.37 bits per heavy atom. The van der Waals surface area contributed by atoms with Crippen LogP contribution in [0.4, 0.5) is 0 Å². The van der Waals surface area contributed by atoms with Gasteiger partial charge in [0, 0.05) is 14.1 Å². The molecule has 0 unspecified atom stereocenters. The number of nitrogens with one attached hydrogen (secondary N) is 1. The number of primary amides is 1. The van der Waals surface area contributed by atoms with E-state index in [1.165, 1.54) is 0 Å². The number of rotatable bonds is 3. The smallest absolute Gasteiger partial charge is 0.252 e. The summed E-state index contributed by atoms with van der Waals surface area (Å²) in [5.41, 5.74) is 5.97. The lowest BCUT2D eigenvalue weighted by molar-refractivity contribution is -0.122. The van der Waals surface area contributed by atoms with E-state index in [1.54, 1.807) is 6.07 Å². The van der Waals surface area contributed by atoms with Gasteiger partial charge in [0.05, 0.1) is 11.5 Å². The van der Waals surface area contributed by atoms with Gasteiger partial charge in [0.15, 0.2) is 0 Å². The molecule has 0 bridgehead atoms. The number of nitrogens with two attached hydrogens (primary N) is 1. The first-order valence-corrected chi connectivity index (χ1v) is 7.91. The SMILES string of the molecule is NC(=O)[C@H]1CCC[C@@H]1NC(=O)c1cc(Br)ccc1I. The van der Waals surface area contributed by atoms with Crippen molar-refractivity contribution < 1.29 is 9.59 Å². The summed E-state index contributed by atoms with van der Waals surface area (Å²) in [6, 6.07) is 5.41. The first kappa shape index (κ1) is 14.8. The van der Waals surface area contributed by atoms with Crippen LogP contribution in [0.25, 0.3) is 0 Å². The van der Waals surface area contributed by atoms with Crippen molar-refractivity contribution in [3.05, 3.63) is 31.8 Å². The third-order valence-electron chi connectivity index (χ3n) is 3.37. The van der Waals surface area contributed by atoms with Crippen LogP contribution in [0.15, 0.2) is 22.7 Å². The van der Waals surface area contributed by atoms with Crippen molar-refractivity contribution in [1.29, 1.82) is 0 Å². The predicted octanol–water partition coefficient (Wildman–Crippen LogP) is 2.44. The summed E-state index contributed by atoms with van der Waals surface area (Å²) < 4.78 is 1.74. The summed E-state index contributed by atoms with van der Waals surface area (Å²) >= 11 is 5.48. The lowest BCUT2D eigenvalue weighted by Crippen LogP contribution is -2.42. The molecule has 1 aromatic carbocycles. The van der Waals surface area contributed by atoms with Crippen molar-refractivity contribution in [2.75, 3.05) is 0 Å². The molecule has 2 atom stereocenters. The molecule has 19 heavy (non-hydrogen) atoms. The van der Waals surface area contributed by atoms with E-state index in [1.807, 2.05) is 12.1 Å². The molecule has 6 heteroatoms. The molecule has 0 aromatic heterocycles. The summed E-state index contributed by atoms with van der Waals surface area (Å²) in [6.07, 6.45) is 2.49. The number of hydrogen-bond donors (Lipinski definition) is 2. The molecule has 1 aliphatic rings. The second kappa shape index (κ2) is 6.21. The Labute approximate surface area is 133 Å². The molecule has 2 amide bonds. The third-order valence-corrected chi connectivity index (χ3v) is 4.80. The fourth-order valence-corrected chi connectivity index (χ4v) is 3.33. The number of halogens is 2. The standard InChI is InChI=1S/C13H14BrIN2O2/c14-7-4-5-10(15)9(6-7)13(19)17-11-3-1-2-8(11)12(16)18/h4-6,8,11H,1-3H2,(H2,16,18)(H,17,19)/t8-,11-/m0/s1. The maximum Gasteiger partial charge on any atom is 0.252 e. The van der Waals surface area contributed by atoms with Gasteiger partial charge in [-0.1, -0.05) is 22.4 Å². The minimum absolute atomic E-state index is 0.139. The Balaban J connectivity index is 2.12. The van der Waals surface area contributed by atoms with Crippen LogP contribution in [-0.2, 0) is 4.79 Å². The highest BCUT2D eigenvalue weighted by molar-refractivity contribution is 14.1. The zero-order valence-electron chi connectivity index (χ0n) is 10.2. The Morgan fingerprint density at radius 2 is 2.11 bits per heavy atom. The van der Waals surface area contributed by atoms with E-state index in [4.69, 9.17) is 5.73 Å². The van der Waals surface area contributed by atoms with Crippen molar-refractivity contribution in [1.82, 2.24) is 5.32 Å². The van der Waals surface area contributed by atoms with Gasteiger partial charge in [-0.3, -0.25) is 9.59 Å². The molecule has 0 radical (unpaired) electrons. The molecule has 1 saturated carbocycles. The van der Waals surface area contributed by atoms with Crippen LogP contribution in [0.1, 0.15) is 29.6 Å².